The van der Waals surface area contributed by atoms with E-state index in [0.717, 1.165) is 91.4 Å². The molecule has 8 nitrogen and oxygen atoms in total. The number of nitrogens with zero attached hydrogens (tertiary/aromatic N) is 4. The van der Waals surface area contributed by atoms with Crippen molar-refractivity contribution in [3.8, 4) is 11.4 Å². The smallest absolute Gasteiger partial charge is 0.265 e. The van der Waals surface area contributed by atoms with Crippen LogP contribution < -0.4 is 15.2 Å². The molecule has 0 bridgehead atoms. The maximum absolute atomic E-state index is 14.1. The van der Waals surface area contributed by atoms with Crippen molar-refractivity contribution in [1.82, 2.24) is 14.0 Å². The Morgan fingerprint density at radius 2 is 1.56 bits per heavy atom. The zero-order chi connectivity index (χ0) is 24.5. The lowest BCUT2D eigenvalue weighted by Crippen LogP contribution is -2.38. The average Bonchev–Trinajstić information content (AvgIpc) is 3.27. The molecule has 0 atom stereocenters. The maximum Gasteiger partial charge on any atom is 0.265 e. The average molecular weight is 489 g/mol. The highest BCUT2D eigenvalue weighted by Crippen LogP contribution is 2.34. The van der Waals surface area contributed by atoms with E-state index < -0.39 is 0 Å². The van der Waals surface area contributed by atoms with Gasteiger partial charge in [-0.3, -0.25) is 14.3 Å². The number of methoxy groups -OCH3 is 1. The van der Waals surface area contributed by atoms with Crippen LogP contribution in [0.3, 0.4) is 0 Å². The van der Waals surface area contributed by atoms with Crippen molar-refractivity contribution in [2.45, 2.75) is 6.54 Å². The van der Waals surface area contributed by atoms with Gasteiger partial charge in [-0.2, -0.15) is 0 Å². The van der Waals surface area contributed by atoms with Crippen molar-refractivity contribution in [2.24, 2.45) is 0 Å². The Labute approximate surface area is 210 Å². The summed E-state index contributed by atoms with van der Waals surface area (Å²) in [6.07, 6.45) is 1.92. The van der Waals surface area contributed by atoms with Gasteiger partial charge in [0.15, 0.2) is 0 Å². The maximum atomic E-state index is 14.1. The van der Waals surface area contributed by atoms with Crippen molar-refractivity contribution in [3.05, 3.63) is 65.1 Å². The van der Waals surface area contributed by atoms with Gasteiger partial charge in [0, 0.05) is 50.9 Å². The number of rotatable bonds is 6. The molecule has 0 saturated carbocycles. The van der Waals surface area contributed by atoms with E-state index in [-0.39, 0.29) is 5.56 Å². The number of pyridine rings is 1. The first kappa shape index (κ1) is 23.1. The SMILES string of the molecule is COc1cccc2c3c(=O)n(-c4ccccc4N4CCOCC4)ccc3n(CCN3CCOCC3)c12. The summed E-state index contributed by atoms with van der Waals surface area (Å²) in [5, 5.41) is 1.65. The van der Waals surface area contributed by atoms with E-state index in [1.54, 1.807) is 11.7 Å². The van der Waals surface area contributed by atoms with E-state index in [0.29, 0.717) is 13.2 Å². The van der Waals surface area contributed by atoms with Crippen LogP contribution in [0.5, 0.6) is 5.75 Å². The molecule has 2 aromatic heterocycles. The molecule has 0 unspecified atom stereocenters. The van der Waals surface area contributed by atoms with Crippen LogP contribution in [0.4, 0.5) is 5.69 Å². The third-order valence-corrected chi connectivity index (χ3v) is 7.36. The normalized spacial score (nSPS) is 17.2. The van der Waals surface area contributed by atoms with Crippen molar-refractivity contribution in [1.29, 1.82) is 0 Å². The molecule has 0 amide bonds. The van der Waals surface area contributed by atoms with Crippen LogP contribution in [0.15, 0.2) is 59.5 Å². The van der Waals surface area contributed by atoms with Crippen molar-refractivity contribution in [2.75, 3.05) is 71.2 Å². The van der Waals surface area contributed by atoms with E-state index in [9.17, 15) is 4.79 Å². The van der Waals surface area contributed by atoms with Crippen LogP contribution in [0.2, 0.25) is 0 Å². The van der Waals surface area contributed by atoms with Crippen LogP contribution in [-0.2, 0) is 16.0 Å². The second-order valence-corrected chi connectivity index (χ2v) is 9.30. The van der Waals surface area contributed by atoms with Crippen LogP contribution in [0, 0.1) is 0 Å². The Morgan fingerprint density at radius 1 is 0.833 bits per heavy atom. The topological polar surface area (TPSA) is 61.1 Å². The van der Waals surface area contributed by atoms with Gasteiger partial charge in [-0.05, 0) is 24.3 Å². The van der Waals surface area contributed by atoms with Gasteiger partial charge in [-0.15, -0.1) is 0 Å². The number of ether oxygens (including phenoxy) is 3. The Balaban J connectivity index is 1.50. The molecule has 0 radical (unpaired) electrons. The molecular formula is C28H32N4O4. The number of para-hydroxylation sites is 3. The highest BCUT2D eigenvalue weighted by Gasteiger charge is 2.21. The molecule has 4 heterocycles. The minimum absolute atomic E-state index is 0.0171. The Hall–Kier alpha value is -3.33. The minimum atomic E-state index is -0.0171. The lowest BCUT2D eigenvalue weighted by molar-refractivity contribution is 0.0366. The molecule has 8 heteroatoms. The number of anilines is 1. The monoisotopic (exact) mass is 488 g/mol. The molecule has 36 heavy (non-hydrogen) atoms. The van der Waals surface area contributed by atoms with Gasteiger partial charge in [0.1, 0.15) is 5.75 Å². The van der Waals surface area contributed by atoms with Gasteiger partial charge >= 0.3 is 0 Å². The fraction of sp³-hybridized carbons (Fsp3) is 0.393. The zero-order valence-electron chi connectivity index (χ0n) is 20.7. The van der Waals surface area contributed by atoms with Gasteiger partial charge in [0.2, 0.25) is 0 Å². The predicted octanol–water partition coefficient (Wildman–Crippen LogP) is 3.12. The summed E-state index contributed by atoms with van der Waals surface area (Å²) in [4.78, 5) is 18.8. The summed E-state index contributed by atoms with van der Waals surface area (Å²) in [5.41, 5.74) is 3.84. The largest absolute Gasteiger partial charge is 0.495 e. The number of benzene rings is 2. The Kier molecular flexibility index (Phi) is 6.39. The summed E-state index contributed by atoms with van der Waals surface area (Å²) >= 11 is 0. The molecule has 0 N–H and O–H groups in total. The third-order valence-electron chi connectivity index (χ3n) is 7.36. The molecule has 2 aliphatic rings. The van der Waals surface area contributed by atoms with E-state index in [1.165, 1.54) is 0 Å². The van der Waals surface area contributed by atoms with Gasteiger partial charge in [0.25, 0.3) is 5.56 Å². The highest BCUT2D eigenvalue weighted by molar-refractivity contribution is 6.09. The molecule has 0 spiro atoms. The molecule has 4 aromatic rings. The van der Waals surface area contributed by atoms with Gasteiger partial charge in [-0.25, -0.2) is 0 Å². The summed E-state index contributed by atoms with van der Waals surface area (Å²) in [6.45, 7) is 8.07. The third kappa shape index (κ3) is 4.05. The lowest BCUT2D eigenvalue weighted by Gasteiger charge is -2.30. The van der Waals surface area contributed by atoms with Crippen LogP contribution in [-0.4, -0.2) is 80.3 Å². The Morgan fingerprint density at radius 3 is 2.31 bits per heavy atom. The second kappa shape index (κ2) is 9.97. The second-order valence-electron chi connectivity index (χ2n) is 9.30. The molecule has 2 fully saturated rings. The summed E-state index contributed by atoms with van der Waals surface area (Å²) in [6, 6.07) is 16.2. The number of fused-ring (bicyclic) bond motifs is 3. The minimum Gasteiger partial charge on any atom is -0.495 e. The molecule has 2 aromatic carbocycles. The first-order valence-corrected chi connectivity index (χ1v) is 12.7. The predicted molar refractivity (Wildman–Crippen MR) is 142 cm³/mol. The van der Waals surface area contributed by atoms with E-state index in [2.05, 4.69) is 26.5 Å². The van der Waals surface area contributed by atoms with E-state index in [1.807, 2.05) is 42.6 Å². The zero-order valence-corrected chi connectivity index (χ0v) is 20.7. The first-order chi connectivity index (χ1) is 17.8. The summed E-state index contributed by atoms with van der Waals surface area (Å²) in [7, 11) is 1.69. The number of aromatic nitrogens is 2. The van der Waals surface area contributed by atoms with Gasteiger partial charge < -0.3 is 23.7 Å². The van der Waals surface area contributed by atoms with Gasteiger partial charge in [-0.1, -0.05) is 24.3 Å². The van der Waals surface area contributed by atoms with Crippen LogP contribution >= 0.6 is 0 Å². The van der Waals surface area contributed by atoms with E-state index in [4.69, 9.17) is 14.2 Å². The number of hydrogen-bond acceptors (Lipinski definition) is 6. The van der Waals surface area contributed by atoms with Crippen LogP contribution in [0.1, 0.15) is 0 Å². The quantitative estimate of drug-likeness (QED) is 0.416. The number of morpholine rings is 2. The summed E-state index contributed by atoms with van der Waals surface area (Å²) < 4.78 is 20.9. The highest BCUT2D eigenvalue weighted by atomic mass is 16.5. The number of hydrogen-bond donors (Lipinski definition) is 0. The van der Waals surface area contributed by atoms with Crippen LogP contribution in [0.25, 0.3) is 27.5 Å². The fourth-order valence-electron chi connectivity index (χ4n) is 5.52. The molecule has 2 aliphatic heterocycles. The first-order valence-electron chi connectivity index (χ1n) is 12.7. The van der Waals surface area contributed by atoms with Crippen molar-refractivity contribution < 1.29 is 14.2 Å². The van der Waals surface area contributed by atoms with E-state index >= 15 is 0 Å². The molecular weight excluding hydrogens is 456 g/mol. The lowest BCUT2D eigenvalue weighted by atomic mass is 10.1. The molecule has 2 saturated heterocycles. The van der Waals surface area contributed by atoms with Crippen molar-refractivity contribution in [3.63, 3.8) is 0 Å². The standard InChI is InChI=1S/C28H32N4O4/c1-34-25-8-4-5-21-26-24(31(27(21)25)12-11-29-13-17-35-18-14-29)9-10-32(28(26)33)23-7-3-2-6-22(23)30-15-19-36-20-16-30/h2-10H,11-20H2,1H3. The fourth-order valence-corrected chi connectivity index (χ4v) is 5.52. The Bertz CT molecular complexity index is 1430. The molecule has 188 valence electrons. The summed E-state index contributed by atoms with van der Waals surface area (Å²) in [5.74, 6) is 0.783. The van der Waals surface area contributed by atoms with Crippen molar-refractivity contribution >= 4 is 27.5 Å². The molecule has 0 aliphatic carbocycles. The van der Waals surface area contributed by atoms with Gasteiger partial charge in [0.05, 0.1) is 61.3 Å². The molecule has 6 rings (SSSR count).